The minimum Gasteiger partial charge on any atom is -0.482 e. The average Bonchev–Trinajstić information content (AvgIpc) is 3.23. The summed E-state index contributed by atoms with van der Waals surface area (Å²) in [5.41, 5.74) is 2.12. The highest BCUT2D eigenvalue weighted by atomic mass is 19.1. The number of hydrogen-bond acceptors (Lipinski definition) is 8. The van der Waals surface area contributed by atoms with Crippen LogP contribution in [0.3, 0.4) is 0 Å². The standard InChI is InChI=1S/C26H28FN7O5/c1-14-9-21(24(29-3)31-22(35)12-30-26(37)38-6)39-15(2)18-10-16(27)7-8-17(18)25(36)33(4)13-19-23(14)20(11-28)34(5)32-19/h7-10,15H,3,12-13H2,1-2,4-6H3,(H,30,37)(H,31,35)/b14-9+,24-21-/t15-/m1/s1. The van der Waals surface area contributed by atoms with E-state index in [1.807, 2.05) is 0 Å². The summed E-state index contributed by atoms with van der Waals surface area (Å²) >= 11 is 0. The van der Waals surface area contributed by atoms with Crippen molar-refractivity contribution in [3.8, 4) is 6.07 Å². The van der Waals surface area contributed by atoms with Crippen LogP contribution in [0.1, 0.15) is 52.8 Å². The van der Waals surface area contributed by atoms with Crippen molar-refractivity contribution in [3.05, 3.63) is 69.8 Å². The lowest BCUT2D eigenvalue weighted by Crippen LogP contribution is -2.36. The van der Waals surface area contributed by atoms with Gasteiger partial charge in [-0.25, -0.2) is 14.2 Å². The number of rotatable bonds is 4. The largest absolute Gasteiger partial charge is 0.482 e. The topological polar surface area (TPSA) is 151 Å². The van der Waals surface area contributed by atoms with Gasteiger partial charge in [0, 0.05) is 30.8 Å². The van der Waals surface area contributed by atoms with Gasteiger partial charge in [-0.3, -0.25) is 14.3 Å². The molecule has 1 atom stereocenters. The second-order valence-electron chi connectivity index (χ2n) is 8.65. The molecule has 0 bridgehead atoms. The predicted octanol–water partition coefficient (Wildman–Crippen LogP) is 2.54. The molecular formula is C26H28FN7O5. The van der Waals surface area contributed by atoms with Gasteiger partial charge in [0.25, 0.3) is 5.91 Å². The summed E-state index contributed by atoms with van der Waals surface area (Å²) in [5, 5.41) is 19.0. The molecule has 0 unspecified atom stereocenters. The number of carbonyl (C=O) groups excluding carboxylic acids is 3. The highest BCUT2D eigenvalue weighted by Gasteiger charge is 2.27. The molecule has 12 nitrogen and oxygen atoms in total. The maximum absolute atomic E-state index is 14.3. The number of amides is 3. The van der Waals surface area contributed by atoms with Crippen molar-refractivity contribution in [3.63, 3.8) is 0 Å². The first-order valence-corrected chi connectivity index (χ1v) is 11.7. The van der Waals surface area contributed by atoms with Gasteiger partial charge in [0.15, 0.2) is 11.6 Å². The van der Waals surface area contributed by atoms with Gasteiger partial charge in [0.2, 0.25) is 5.91 Å². The van der Waals surface area contributed by atoms with Crippen LogP contribution in [0.25, 0.3) is 5.57 Å². The van der Waals surface area contributed by atoms with Crippen LogP contribution in [0, 0.1) is 17.1 Å². The van der Waals surface area contributed by atoms with E-state index in [1.165, 1.54) is 33.9 Å². The molecule has 0 saturated heterocycles. The number of benzene rings is 1. The predicted molar refractivity (Wildman–Crippen MR) is 138 cm³/mol. The van der Waals surface area contributed by atoms with Crippen molar-refractivity contribution in [2.45, 2.75) is 26.5 Å². The van der Waals surface area contributed by atoms with Crippen molar-refractivity contribution in [1.82, 2.24) is 25.3 Å². The molecule has 39 heavy (non-hydrogen) atoms. The number of alkyl carbamates (subject to hydrolysis) is 1. The molecule has 13 heteroatoms. The molecular weight excluding hydrogens is 509 g/mol. The lowest BCUT2D eigenvalue weighted by molar-refractivity contribution is -0.119. The van der Waals surface area contributed by atoms with Gasteiger partial charge >= 0.3 is 6.09 Å². The second-order valence-corrected chi connectivity index (χ2v) is 8.65. The Bertz CT molecular complexity index is 1440. The van der Waals surface area contributed by atoms with E-state index in [0.29, 0.717) is 16.8 Å². The number of carbonyl (C=O) groups is 3. The van der Waals surface area contributed by atoms with Crippen molar-refractivity contribution in [2.75, 3.05) is 20.7 Å². The number of ether oxygens (including phenoxy) is 2. The number of nitrogens with zero attached hydrogens (tertiary/aromatic N) is 5. The Balaban J connectivity index is 2.23. The Labute approximate surface area is 224 Å². The lowest BCUT2D eigenvalue weighted by Gasteiger charge is -2.24. The summed E-state index contributed by atoms with van der Waals surface area (Å²) in [6.45, 7) is 6.45. The monoisotopic (exact) mass is 537 g/mol. The number of aliphatic imine (C=N–C) groups is 1. The average molecular weight is 538 g/mol. The zero-order valence-corrected chi connectivity index (χ0v) is 22.2. The summed E-state index contributed by atoms with van der Waals surface area (Å²) in [7, 11) is 4.35. The molecule has 2 N–H and O–H groups in total. The molecule has 1 aromatic heterocycles. The number of hydrogen-bond donors (Lipinski definition) is 2. The van der Waals surface area contributed by atoms with E-state index in [1.54, 1.807) is 27.9 Å². The number of halogens is 1. The SMILES string of the molecule is C=N/C(NC(=O)CNC(=O)OC)=C1\C=C(/C)c2c(nn(C)c2C#N)CN(C)C(=O)c2ccc(F)cc2[C@@H](C)O1. The van der Waals surface area contributed by atoms with Crippen molar-refractivity contribution in [2.24, 2.45) is 12.0 Å². The fraction of sp³-hybridized carbons (Fsp3) is 0.308. The summed E-state index contributed by atoms with van der Waals surface area (Å²) in [6.07, 6.45) is -0.158. The molecule has 0 fully saturated rings. The van der Waals surface area contributed by atoms with Gasteiger partial charge in [-0.2, -0.15) is 10.4 Å². The molecule has 0 spiro atoms. The Morgan fingerprint density at radius 3 is 2.74 bits per heavy atom. The molecule has 1 aliphatic heterocycles. The minimum absolute atomic E-state index is 0.0108. The molecule has 0 saturated carbocycles. The molecule has 1 aromatic carbocycles. The maximum Gasteiger partial charge on any atom is 0.407 e. The molecule has 204 valence electrons. The second kappa shape index (κ2) is 12.0. The summed E-state index contributed by atoms with van der Waals surface area (Å²) in [6, 6.07) is 5.87. The Kier molecular flexibility index (Phi) is 8.82. The maximum atomic E-state index is 14.3. The quantitative estimate of drug-likeness (QED) is 0.569. The van der Waals surface area contributed by atoms with Gasteiger partial charge in [-0.1, -0.05) is 0 Å². The van der Waals surface area contributed by atoms with Crippen LogP contribution in [0.2, 0.25) is 0 Å². The van der Waals surface area contributed by atoms with Gasteiger partial charge in [-0.15, -0.1) is 0 Å². The summed E-state index contributed by atoms with van der Waals surface area (Å²) in [5.74, 6) is -1.74. The third-order valence-electron chi connectivity index (χ3n) is 5.91. The molecule has 3 amide bonds. The highest BCUT2D eigenvalue weighted by molar-refractivity contribution is 5.95. The van der Waals surface area contributed by atoms with E-state index >= 15 is 0 Å². The number of aromatic nitrogens is 2. The van der Waals surface area contributed by atoms with Crippen LogP contribution in [0.15, 0.2) is 40.8 Å². The van der Waals surface area contributed by atoms with Crippen molar-refractivity contribution < 1.29 is 28.2 Å². The third kappa shape index (κ3) is 6.30. The number of nitrogens with one attached hydrogen (secondary N) is 2. The van der Waals surface area contributed by atoms with Crippen molar-refractivity contribution >= 4 is 30.2 Å². The molecule has 0 radical (unpaired) electrons. The number of fused-ring (bicyclic) bond motifs is 2. The first kappa shape index (κ1) is 28.6. The van der Waals surface area contributed by atoms with Crippen LogP contribution in [-0.4, -0.2) is 60.0 Å². The fourth-order valence-electron chi connectivity index (χ4n) is 4.06. The normalized spacial score (nSPS) is 18.0. The molecule has 3 rings (SSSR count). The van der Waals surface area contributed by atoms with E-state index in [2.05, 4.69) is 38.2 Å². The minimum atomic E-state index is -0.892. The van der Waals surface area contributed by atoms with E-state index < -0.39 is 36.4 Å². The molecule has 1 aliphatic rings. The first-order valence-electron chi connectivity index (χ1n) is 11.7. The van der Waals surface area contributed by atoms with E-state index in [0.717, 1.165) is 7.11 Å². The Hall–Kier alpha value is -4.99. The van der Waals surface area contributed by atoms with Gasteiger partial charge < -0.3 is 25.0 Å². The molecule has 0 aliphatic carbocycles. The van der Waals surface area contributed by atoms with Crippen LogP contribution < -0.4 is 10.6 Å². The molecule has 2 aromatic rings. The van der Waals surface area contributed by atoms with Crippen LogP contribution >= 0.6 is 0 Å². The zero-order chi connectivity index (χ0) is 28.9. The van der Waals surface area contributed by atoms with Crippen molar-refractivity contribution in [1.29, 1.82) is 5.26 Å². The van der Waals surface area contributed by atoms with E-state index in [9.17, 15) is 24.0 Å². The lowest BCUT2D eigenvalue weighted by atomic mass is 10.00. The number of aryl methyl sites for hydroxylation is 1. The molecule has 2 heterocycles. The van der Waals surface area contributed by atoms with Crippen LogP contribution in [-0.2, 0) is 27.9 Å². The smallest absolute Gasteiger partial charge is 0.407 e. The van der Waals surface area contributed by atoms with Crippen LogP contribution in [0.5, 0.6) is 0 Å². The number of allylic oxidation sites excluding steroid dienone is 2. The summed E-state index contributed by atoms with van der Waals surface area (Å²) in [4.78, 5) is 42.6. The third-order valence-corrected chi connectivity index (χ3v) is 5.91. The zero-order valence-electron chi connectivity index (χ0n) is 22.2. The van der Waals surface area contributed by atoms with Crippen LogP contribution in [0.4, 0.5) is 9.18 Å². The highest BCUT2D eigenvalue weighted by Crippen LogP contribution is 2.31. The van der Waals surface area contributed by atoms with Gasteiger partial charge in [0.05, 0.1) is 19.3 Å². The first-order chi connectivity index (χ1) is 18.5. The Morgan fingerprint density at radius 2 is 2.10 bits per heavy atom. The number of nitriles is 1. The van der Waals surface area contributed by atoms with Gasteiger partial charge in [0.1, 0.15) is 30.2 Å². The fourth-order valence-corrected chi connectivity index (χ4v) is 4.06. The van der Waals surface area contributed by atoms with Gasteiger partial charge in [-0.05, 0) is 50.4 Å². The summed E-state index contributed by atoms with van der Waals surface area (Å²) < 4.78 is 26.3. The van der Waals surface area contributed by atoms with E-state index in [4.69, 9.17) is 4.74 Å². The Morgan fingerprint density at radius 1 is 1.38 bits per heavy atom. The van der Waals surface area contributed by atoms with E-state index in [-0.39, 0.29) is 34.9 Å². The number of methoxy groups -OCH3 is 1.